The van der Waals surface area contributed by atoms with Crippen molar-refractivity contribution >= 4 is 20.7 Å². The molecule has 2 fully saturated rings. The number of ether oxygens (including phenoxy) is 1. The fourth-order valence-electron chi connectivity index (χ4n) is 5.63. The molecule has 2 saturated carbocycles. The van der Waals surface area contributed by atoms with Crippen molar-refractivity contribution in [2.24, 2.45) is 23.7 Å². The van der Waals surface area contributed by atoms with E-state index < -0.39 is 9.93 Å². The SMILES string of the molecule is CCCCOc1ccc([SH](C)(=O)CC2C3CCC(C3)C2C)c2ccccc12. The van der Waals surface area contributed by atoms with Crippen molar-refractivity contribution in [2.45, 2.75) is 50.8 Å². The van der Waals surface area contributed by atoms with Crippen molar-refractivity contribution in [1.82, 2.24) is 0 Å². The Balaban J connectivity index is 1.64. The van der Waals surface area contributed by atoms with Gasteiger partial charge < -0.3 is 4.74 Å². The van der Waals surface area contributed by atoms with Gasteiger partial charge in [-0.1, -0.05) is 54.5 Å². The molecular formula is C24H34O2S. The van der Waals surface area contributed by atoms with Crippen molar-refractivity contribution in [2.75, 3.05) is 18.6 Å². The Hall–Kier alpha value is -1.35. The summed E-state index contributed by atoms with van der Waals surface area (Å²) in [4.78, 5) is 1.05. The van der Waals surface area contributed by atoms with E-state index in [0.29, 0.717) is 5.92 Å². The first-order valence-electron chi connectivity index (χ1n) is 10.7. The lowest BCUT2D eigenvalue weighted by molar-refractivity contribution is 0.262. The maximum Gasteiger partial charge on any atom is 0.127 e. The average molecular weight is 387 g/mol. The van der Waals surface area contributed by atoms with Gasteiger partial charge in [-0.3, -0.25) is 4.21 Å². The Morgan fingerprint density at radius 3 is 2.52 bits per heavy atom. The number of rotatable bonds is 7. The number of thiol groups is 1. The summed E-state index contributed by atoms with van der Waals surface area (Å²) in [5, 5.41) is 2.22. The van der Waals surface area contributed by atoms with E-state index in [4.69, 9.17) is 4.74 Å². The van der Waals surface area contributed by atoms with E-state index in [-0.39, 0.29) is 0 Å². The first kappa shape index (κ1) is 19.0. The topological polar surface area (TPSA) is 26.3 Å². The predicted octanol–water partition coefficient (Wildman–Crippen LogP) is 5.71. The van der Waals surface area contributed by atoms with Crippen LogP contribution in [0.5, 0.6) is 5.75 Å². The molecular weight excluding hydrogens is 352 g/mol. The van der Waals surface area contributed by atoms with Gasteiger partial charge in [-0.05, 0) is 73.1 Å². The Labute approximate surface area is 165 Å². The highest BCUT2D eigenvalue weighted by Gasteiger charge is 2.46. The zero-order valence-electron chi connectivity index (χ0n) is 17.0. The molecule has 27 heavy (non-hydrogen) atoms. The number of benzene rings is 2. The summed E-state index contributed by atoms with van der Waals surface area (Å²) in [6, 6.07) is 12.5. The second-order valence-electron chi connectivity index (χ2n) is 8.97. The molecule has 4 rings (SSSR count). The third-order valence-corrected chi connectivity index (χ3v) is 9.75. The van der Waals surface area contributed by atoms with Crippen LogP contribution in [0.1, 0.15) is 46.0 Å². The molecule has 0 amide bonds. The van der Waals surface area contributed by atoms with Crippen molar-refractivity contribution < 1.29 is 8.95 Å². The summed E-state index contributed by atoms with van der Waals surface area (Å²) in [6.45, 7) is 5.32. The van der Waals surface area contributed by atoms with E-state index in [1.165, 1.54) is 19.3 Å². The molecule has 2 nitrogen and oxygen atoms in total. The minimum Gasteiger partial charge on any atom is -0.493 e. The summed E-state index contributed by atoms with van der Waals surface area (Å²) in [6.07, 6.45) is 8.32. The van der Waals surface area contributed by atoms with Crippen molar-refractivity contribution in [3.8, 4) is 5.75 Å². The molecule has 2 aliphatic carbocycles. The van der Waals surface area contributed by atoms with Gasteiger partial charge in [0.1, 0.15) is 5.75 Å². The first-order valence-corrected chi connectivity index (χ1v) is 13.1. The van der Waals surface area contributed by atoms with E-state index in [1.54, 1.807) is 0 Å². The van der Waals surface area contributed by atoms with Gasteiger partial charge in [-0.2, -0.15) is 0 Å². The molecule has 3 heteroatoms. The van der Waals surface area contributed by atoms with Crippen LogP contribution >= 0.6 is 0 Å². The van der Waals surface area contributed by atoms with Crippen LogP contribution in [0, 0.1) is 23.7 Å². The van der Waals surface area contributed by atoms with Gasteiger partial charge in [-0.25, -0.2) is 0 Å². The smallest absolute Gasteiger partial charge is 0.127 e. The molecule has 0 spiro atoms. The summed E-state index contributed by atoms with van der Waals surface area (Å²) < 4.78 is 20.0. The largest absolute Gasteiger partial charge is 0.493 e. The van der Waals surface area contributed by atoms with Crippen LogP contribution in [0.3, 0.4) is 0 Å². The molecule has 2 aromatic carbocycles. The van der Waals surface area contributed by atoms with E-state index in [0.717, 1.165) is 64.4 Å². The van der Waals surface area contributed by atoms with Crippen molar-refractivity contribution in [3.63, 3.8) is 0 Å². The lowest BCUT2D eigenvalue weighted by Crippen LogP contribution is -2.30. The minimum absolute atomic E-state index is 0.638. The molecule has 0 N–H and O–H groups in total. The molecule has 2 aromatic rings. The third kappa shape index (κ3) is 3.55. The van der Waals surface area contributed by atoms with Gasteiger partial charge in [0.25, 0.3) is 0 Å². The zero-order valence-corrected chi connectivity index (χ0v) is 17.9. The molecule has 0 radical (unpaired) electrons. The van der Waals surface area contributed by atoms with Crippen LogP contribution < -0.4 is 4.74 Å². The van der Waals surface area contributed by atoms with Gasteiger partial charge in [-0.15, -0.1) is 0 Å². The highest BCUT2D eigenvalue weighted by molar-refractivity contribution is 8.02. The monoisotopic (exact) mass is 386 g/mol. The van der Waals surface area contributed by atoms with Gasteiger partial charge in [0.15, 0.2) is 0 Å². The fraction of sp³-hybridized carbons (Fsp3) is 0.583. The van der Waals surface area contributed by atoms with Gasteiger partial charge in [0.2, 0.25) is 0 Å². The standard InChI is InChI=1S/C24H34O2S/c1-4-5-14-26-23-12-13-24(21-9-7-6-8-20(21)23)27(3,25)16-22-17(2)18-10-11-19(22)15-18/h6-9,12-13,17-19,22,27H,4-5,10-11,14-16H2,1-3H3. The number of hydrogen-bond donors (Lipinski definition) is 1. The van der Waals surface area contributed by atoms with Crippen LogP contribution in [-0.2, 0) is 9.93 Å². The maximum absolute atomic E-state index is 13.9. The molecule has 2 bridgehead atoms. The van der Waals surface area contributed by atoms with E-state index in [1.807, 2.05) is 12.3 Å². The first-order chi connectivity index (χ1) is 13.0. The van der Waals surface area contributed by atoms with E-state index in [9.17, 15) is 4.21 Å². The van der Waals surface area contributed by atoms with Gasteiger partial charge in [0.05, 0.1) is 6.61 Å². The van der Waals surface area contributed by atoms with Crippen molar-refractivity contribution in [1.29, 1.82) is 0 Å². The molecule has 0 heterocycles. The molecule has 4 atom stereocenters. The Kier molecular flexibility index (Phi) is 5.33. The van der Waals surface area contributed by atoms with E-state index in [2.05, 4.69) is 44.2 Å². The van der Waals surface area contributed by atoms with Gasteiger partial charge in [0, 0.05) is 16.0 Å². The summed E-state index contributed by atoms with van der Waals surface area (Å²) in [5.74, 6) is 4.86. The zero-order chi connectivity index (χ0) is 19.0. The fourth-order valence-corrected chi connectivity index (χ4v) is 8.36. The van der Waals surface area contributed by atoms with Crippen LogP contribution in [0.2, 0.25) is 0 Å². The number of fused-ring (bicyclic) bond motifs is 3. The van der Waals surface area contributed by atoms with Crippen LogP contribution in [-0.4, -0.2) is 22.8 Å². The number of unbranched alkanes of at least 4 members (excludes halogenated alkanes) is 1. The molecule has 148 valence electrons. The quantitative estimate of drug-likeness (QED) is 0.487. The molecule has 2 aliphatic rings. The maximum atomic E-state index is 13.9. The van der Waals surface area contributed by atoms with E-state index >= 15 is 0 Å². The lowest BCUT2D eigenvalue weighted by atomic mass is 9.82. The second-order valence-corrected chi connectivity index (χ2v) is 12.0. The van der Waals surface area contributed by atoms with Crippen LogP contribution in [0.15, 0.2) is 41.3 Å². The molecule has 0 aliphatic heterocycles. The highest BCUT2D eigenvalue weighted by Crippen LogP contribution is 2.53. The molecule has 0 aromatic heterocycles. The minimum atomic E-state index is -2.41. The van der Waals surface area contributed by atoms with Crippen LogP contribution in [0.4, 0.5) is 0 Å². The summed E-state index contributed by atoms with van der Waals surface area (Å²) in [5.41, 5.74) is 0. The molecule has 4 unspecified atom stereocenters. The van der Waals surface area contributed by atoms with Crippen LogP contribution in [0.25, 0.3) is 10.8 Å². The highest BCUT2D eigenvalue weighted by atomic mass is 32.2. The van der Waals surface area contributed by atoms with Crippen molar-refractivity contribution in [3.05, 3.63) is 36.4 Å². The third-order valence-electron chi connectivity index (χ3n) is 7.22. The molecule has 0 saturated heterocycles. The number of hydrogen-bond acceptors (Lipinski definition) is 2. The average Bonchev–Trinajstić information content (AvgIpc) is 3.25. The Bertz CT molecular complexity index is 857. The summed E-state index contributed by atoms with van der Waals surface area (Å²) in [7, 11) is -2.41. The van der Waals surface area contributed by atoms with Gasteiger partial charge >= 0.3 is 0 Å². The normalized spacial score (nSPS) is 28.0. The Morgan fingerprint density at radius 1 is 1.07 bits per heavy atom. The predicted molar refractivity (Wildman–Crippen MR) is 116 cm³/mol. The summed E-state index contributed by atoms with van der Waals surface area (Å²) >= 11 is 0. The second kappa shape index (κ2) is 7.58. The Morgan fingerprint density at radius 2 is 1.81 bits per heavy atom. The lowest BCUT2D eigenvalue weighted by Gasteiger charge is -2.33.